The first-order valence-electron chi connectivity index (χ1n) is 10.2. The zero-order valence-corrected chi connectivity index (χ0v) is 17.0. The van der Waals surface area contributed by atoms with Gasteiger partial charge in [0.15, 0.2) is 5.43 Å². The first-order valence-corrected chi connectivity index (χ1v) is 10.2. The Labute approximate surface area is 183 Å². The van der Waals surface area contributed by atoms with Crippen molar-refractivity contribution in [2.24, 2.45) is 5.10 Å². The van der Waals surface area contributed by atoms with E-state index in [1.165, 1.54) is 6.21 Å². The number of rotatable bonds is 4. The molecule has 0 unspecified atom stereocenters. The van der Waals surface area contributed by atoms with Crippen molar-refractivity contribution >= 4 is 44.7 Å². The van der Waals surface area contributed by atoms with Gasteiger partial charge in [-0.3, -0.25) is 9.59 Å². The van der Waals surface area contributed by atoms with Crippen molar-refractivity contribution in [3.05, 3.63) is 101 Å². The first kappa shape index (κ1) is 19.5. The Hall–Kier alpha value is -4.45. The van der Waals surface area contributed by atoms with Crippen molar-refractivity contribution in [3.8, 4) is 5.75 Å². The molecule has 0 bridgehead atoms. The van der Waals surface area contributed by atoms with Gasteiger partial charge < -0.3 is 9.67 Å². The summed E-state index contributed by atoms with van der Waals surface area (Å²) in [7, 11) is 0. The predicted octanol–water partition coefficient (Wildman–Crippen LogP) is 4.16. The molecule has 0 aliphatic heterocycles. The number of para-hydroxylation sites is 2. The van der Waals surface area contributed by atoms with E-state index < -0.39 is 0 Å². The molecule has 0 radical (unpaired) electrons. The Morgan fingerprint density at radius 2 is 1.44 bits per heavy atom. The summed E-state index contributed by atoms with van der Waals surface area (Å²) < 4.78 is 1.81. The second-order valence-electron chi connectivity index (χ2n) is 7.46. The molecule has 0 spiro atoms. The summed E-state index contributed by atoms with van der Waals surface area (Å²) in [6, 6.07) is 25.5. The topological polar surface area (TPSA) is 83.7 Å². The number of carbonyl (C=O) groups excluding carboxylic acids is 1. The van der Waals surface area contributed by atoms with E-state index in [-0.39, 0.29) is 23.6 Å². The number of hydrazone groups is 1. The zero-order valence-electron chi connectivity index (χ0n) is 17.0. The van der Waals surface area contributed by atoms with Crippen molar-refractivity contribution in [1.82, 2.24) is 9.99 Å². The van der Waals surface area contributed by atoms with Crippen LogP contribution in [0.25, 0.3) is 32.6 Å². The normalized spacial score (nSPS) is 11.5. The Morgan fingerprint density at radius 1 is 0.844 bits per heavy atom. The van der Waals surface area contributed by atoms with Crippen molar-refractivity contribution in [2.45, 2.75) is 6.54 Å². The number of nitrogens with zero attached hydrogens (tertiary/aromatic N) is 2. The summed E-state index contributed by atoms with van der Waals surface area (Å²) in [6.07, 6.45) is 1.44. The lowest BCUT2D eigenvalue weighted by molar-refractivity contribution is -0.121. The molecule has 1 aromatic heterocycles. The lowest BCUT2D eigenvalue weighted by Gasteiger charge is -2.14. The average molecular weight is 421 g/mol. The second kappa shape index (κ2) is 8.00. The van der Waals surface area contributed by atoms with Crippen molar-refractivity contribution in [1.29, 1.82) is 0 Å². The molecule has 0 aliphatic carbocycles. The van der Waals surface area contributed by atoms with Gasteiger partial charge >= 0.3 is 0 Å². The van der Waals surface area contributed by atoms with Gasteiger partial charge in [0.2, 0.25) is 0 Å². The zero-order chi connectivity index (χ0) is 22.1. The fourth-order valence-electron chi connectivity index (χ4n) is 4.01. The minimum atomic E-state index is -0.347. The molecular weight excluding hydrogens is 402 g/mol. The third kappa shape index (κ3) is 3.37. The molecule has 0 atom stereocenters. The van der Waals surface area contributed by atoms with Crippen LogP contribution < -0.4 is 10.9 Å². The summed E-state index contributed by atoms with van der Waals surface area (Å²) in [5.74, 6) is -0.265. The highest BCUT2D eigenvalue weighted by atomic mass is 16.3. The molecule has 1 heterocycles. The first-order chi connectivity index (χ1) is 15.6. The summed E-state index contributed by atoms with van der Waals surface area (Å²) in [5, 5.41) is 17.2. The maximum Gasteiger partial charge on any atom is 0.260 e. The van der Waals surface area contributed by atoms with E-state index in [0.717, 1.165) is 10.8 Å². The van der Waals surface area contributed by atoms with Crippen LogP contribution in [0.4, 0.5) is 0 Å². The van der Waals surface area contributed by atoms with Crippen LogP contribution in [0.15, 0.2) is 94.8 Å². The third-order valence-electron chi connectivity index (χ3n) is 5.51. The fourth-order valence-corrected chi connectivity index (χ4v) is 4.01. The van der Waals surface area contributed by atoms with E-state index in [1.54, 1.807) is 18.2 Å². The molecule has 156 valence electrons. The lowest BCUT2D eigenvalue weighted by Crippen LogP contribution is -2.25. The second-order valence-corrected chi connectivity index (χ2v) is 7.46. The molecule has 0 aliphatic rings. The summed E-state index contributed by atoms with van der Waals surface area (Å²) >= 11 is 0. The monoisotopic (exact) mass is 421 g/mol. The van der Waals surface area contributed by atoms with Crippen LogP contribution in [-0.4, -0.2) is 21.8 Å². The SMILES string of the molecule is O=C(Cn1c2ccccc2c(=O)c2ccccc21)N/N=C/c1c(O)ccc2ccccc12. The Balaban J connectivity index is 1.47. The number of phenolic OH excluding ortho intramolecular Hbond substituents is 1. The smallest absolute Gasteiger partial charge is 0.260 e. The van der Waals surface area contributed by atoms with Crippen LogP contribution in [0, 0.1) is 0 Å². The van der Waals surface area contributed by atoms with Gasteiger partial charge in [-0.1, -0.05) is 54.6 Å². The molecule has 0 fully saturated rings. The summed E-state index contributed by atoms with van der Waals surface area (Å²) in [4.78, 5) is 25.6. The van der Waals surface area contributed by atoms with E-state index >= 15 is 0 Å². The van der Waals surface area contributed by atoms with Crippen LogP contribution in [0.1, 0.15) is 5.56 Å². The number of fused-ring (bicyclic) bond motifs is 3. The molecule has 4 aromatic carbocycles. The minimum Gasteiger partial charge on any atom is -0.507 e. The highest BCUT2D eigenvalue weighted by Gasteiger charge is 2.12. The highest BCUT2D eigenvalue weighted by Crippen LogP contribution is 2.25. The van der Waals surface area contributed by atoms with E-state index in [4.69, 9.17) is 0 Å². The van der Waals surface area contributed by atoms with Crippen LogP contribution in [-0.2, 0) is 11.3 Å². The lowest BCUT2D eigenvalue weighted by atomic mass is 10.0. The van der Waals surface area contributed by atoms with Crippen LogP contribution in [0.2, 0.25) is 0 Å². The molecule has 6 nitrogen and oxygen atoms in total. The number of aromatic hydroxyl groups is 1. The number of aromatic nitrogens is 1. The summed E-state index contributed by atoms with van der Waals surface area (Å²) in [6.45, 7) is -0.0137. The van der Waals surface area contributed by atoms with E-state index in [2.05, 4.69) is 10.5 Å². The van der Waals surface area contributed by atoms with Gasteiger partial charge in [0, 0.05) is 16.3 Å². The number of hydrogen-bond donors (Lipinski definition) is 2. The van der Waals surface area contributed by atoms with Gasteiger partial charge in [-0.25, -0.2) is 5.43 Å². The molecule has 0 saturated carbocycles. The van der Waals surface area contributed by atoms with Crippen LogP contribution in [0.3, 0.4) is 0 Å². The number of hydrogen-bond acceptors (Lipinski definition) is 4. The minimum absolute atomic E-state index is 0.0137. The van der Waals surface area contributed by atoms with Gasteiger partial charge in [-0.2, -0.15) is 5.10 Å². The largest absolute Gasteiger partial charge is 0.507 e. The number of amides is 1. The molecule has 1 amide bonds. The van der Waals surface area contributed by atoms with E-state index in [9.17, 15) is 14.7 Å². The number of pyridine rings is 1. The van der Waals surface area contributed by atoms with Crippen LogP contribution in [0.5, 0.6) is 5.75 Å². The standard InChI is InChI=1S/C26H19N3O3/c30-24-14-13-17-7-1-2-8-18(17)21(24)15-27-28-25(31)16-29-22-11-5-3-9-19(22)26(32)20-10-4-6-12-23(20)29/h1-15,30H,16H2,(H,28,31)/b27-15+. The van der Waals surface area contributed by atoms with E-state index in [1.807, 2.05) is 71.3 Å². The maximum atomic E-state index is 12.8. The summed E-state index contributed by atoms with van der Waals surface area (Å²) in [5.41, 5.74) is 4.37. The van der Waals surface area contributed by atoms with Gasteiger partial charge in [0.05, 0.1) is 17.2 Å². The molecule has 5 aromatic rings. The van der Waals surface area contributed by atoms with Gasteiger partial charge in [-0.05, 0) is 41.1 Å². The predicted molar refractivity (Wildman–Crippen MR) is 127 cm³/mol. The molecule has 5 rings (SSSR count). The van der Waals surface area contributed by atoms with Gasteiger partial charge in [0.1, 0.15) is 12.3 Å². The molecule has 32 heavy (non-hydrogen) atoms. The fraction of sp³-hybridized carbons (Fsp3) is 0.0385. The average Bonchev–Trinajstić information content (AvgIpc) is 2.83. The van der Waals surface area contributed by atoms with Gasteiger partial charge in [0.25, 0.3) is 5.91 Å². The number of carbonyl (C=O) groups is 1. The van der Waals surface area contributed by atoms with E-state index in [0.29, 0.717) is 27.4 Å². The highest BCUT2D eigenvalue weighted by molar-refractivity contribution is 6.02. The van der Waals surface area contributed by atoms with Crippen molar-refractivity contribution < 1.29 is 9.90 Å². The molecular formula is C26H19N3O3. The Morgan fingerprint density at radius 3 is 2.12 bits per heavy atom. The Kier molecular flexibility index (Phi) is 4.88. The number of phenols is 1. The third-order valence-corrected chi connectivity index (χ3v) is 5.51. The molecule has 2 N–H and O–H groups in total. The quantitative estimate of drug-likeness (QED) is 0.260. The van der Waals surface area contributed by atoms with Gasteiger partial charge in [-0.15, -0.1) is 0 Å². The number of nitrogens with one attached hydrogen (secondary N) is 1. The Bertz CT molecular complexity index is 1520. The maximum absolute atomic E-state index is 12.8. The number of benzene rings is 4. The van der Waals surface area contributed by atoms with Crippen molar-refractivity contribution in [2.75, 3.05) is 0 Å². The van der Waals surface area contributed by atoms with Crippen molar-refractivity contribution in [3.63, 3.8) is 0 Å². The molecule has 6 heteroatoms. The van der Waals surface area contributed by atoms with Crippen LogP contribution >= 0.6 is 0 Å². The molecule has 0 saturated heterocycles.